The van der Waals surface area contributed by atoms with Gasteiger partial charge in [-0.05, 0) is 63.7 Å². The molecule has 0 unspecified atom stereocenters. The van der Waals surface area contributed by atoms with E-state index in [1.54, 1.807) is 0 Å². The Morgan fingerprint density at radius 2 is 2.17 bits per heavy atom. The molecule has 1 saturated carbocycles. The smallest absolute Gasteiger partial charge is 0.165 e. The van der Waals surface area contributed by atoms with E-state index >= 15 is 0 Å². The van der Waals surface area contributed by atoms with Crippen molar-refractivity contribution in [2.24, 2.45) is 17.3 Å². The number of aromatic hydroxyl groups is 1. The number of aliphatic hydroxyl groups is 1. The van der Waals surface area contributed by atoms with Gasteiger partial charge in [0.1, 0.15) is 6.10 Å². The normalized spacial score (nSPS) is 43.0. The zero-order chi connectivity index (χ0) is 20.2. The monoisotopic (exact) mass is 395 g/mol. The first-order valence-electron chi connectivity index (χ1n) is 11.5. The van der Waals surface area contributed by atoms with E-state index in [1.165, 1.54) is 11.1 Å². The van der Waals surface area contributed by atoms with Gasteiger partial charge in [0.2, 0.25) is 0 Å². The van der Waals surface area contributed by atoms with Crippen LogP contribution in [0.5, 0.6) is 11.5 Å². The van der Waals surface area contributed by atoms with Crippen molar-refractivity contribution in [2.45, 2.75) is 75.5 Å². The maximum Gasteiger partial charge on any atom is 0.165 e. The fourth-order valence-corrected chi connectivity index (χ4v) is 8.14. The summed E-state index contributed by atoms with van der Waals surface area (Å²) in [7, 11) is 2.27. The molecule has 4 bridgehead atoms. The molecule has 2 heterocycles. The van der Waals surface area contributed by atoms with E-state index in [9.17, 15) is 10.2 Å². The van der Waals surface area contributed by atoms with Crippen molar-refractivity contribution in [3.8, 4) is 11.5 Å². The summed E-state index contributed by atoms with van der Waals surface area (Å²) < 4.78 is 6.67. The SMILES string of the molecule is CCCC[C@](C)(O)[C@H]1C[C@@]23C=C[C@@H]1[C@@H]1Oc4c(O)ccc5c4[C@@]12CCN(C)[C@@H]3C5. The predicted molar refractivity (Wildman–Crippen MR) is 112 cm³/mol. The van der Waals surface area contributed by atoms with E-state index in [0.717, 1.165) is 50.8 Å². The molecule has 2 aliphatic heterocycles. The standard InChI is InChI=1S/C25H33NO3/c1-4-5-9-23(2,28)17-14-24-10-8-16(17)22-25(24)11-12-26(3)19(24)13-15-6-7-18(27)21(29-22)20(15)25/h6-8,10,16-17,19,22,27-28H,4-5,9,11-14H2,1-3H3/t16-,17-,19+,22-,23-,24+,25-/m0/s1. The summed E-state index contributed by atoms with van der Waals surface area (Å²) in [6.45, 7) is 5.31. The van der Waals surface area contributed by atoms with Crippen LogP contribution in [0, 0.1) is 17.3 Å². The van der Waals surface area contributed by atoms with E-state index in [0.29, 0.717) is 6.04 Å². The van der Waals surface area contributed by atoms with Crippen molar-refractivity contribution in [3.63, 3.8) is 0 Å². The molecule has 2 spiro atoms. The van der Waals surface area contributed by atoms with Crippen LogP contribution in [-0.2, 0) is 11.8 Å². The van der Waals surface area contributed by atoms with Gasteiger partial charge in [0, 0.05) is 28.4 Å². The third-order valence-corrected chi connectivity index (χ3v) is 9.45. The summed E-state index contributed by atoms with van der Waals surface area (Å²) in [5, 5.41) is 22.3. The molecule has 7 rings (SSSR count). The second-order valence-electron chi connectivity index (χ2n) is 10.7. The van der Waals surface area contributed by atoms with Crippen LogP contribution in [0.1, 0.15) is 57.1 Å². The van der Waals surface area contributed by atoms with Crippen molar-refractivity contribution in [1.29, 1.82) is 0 Å². The van der Waals surface area contributed by atoms with Crippen LogP contribution in [0.15, 0.2) is 24.3 Å². The van der Waals surface area contributed by atoms with Gasteiger partial charge in [-0.3, -0.25) is 0 Å². The molecule has 1 aromatic rings. The maximum atomic E-state index is 11.6. The number of unbranched alkanes of at least 4 members (excludes halogenated alkanes) is 1. The Morgan fingerprint density at radius 3 is 2.97 bits per heavy atom. The number of rotatable bonds is 4. The highest BCUT2D eigenvalue weighted by Crippen LogP contribution is 2.74. The van der Waals surface area contributed by atoms with Gasteiger partial charge in [0.25, 0.3) is 0 Å². The second kappa shape index (κ2) is 5.59. The third kappa shape index (κ3) is 1.94. The number of likely N-dealkylation sites (tertiary alicyclic amines) is 1. The van der Waals surface area contributed by atoms with Gasteiger partial charge < -0.3 is 19.8 Å². The molecule has 1 aromatic carbocycles. The van der Waals surface area contributed by atoms with Crippen LogP contribution in [0.4, 0.5) is 0 Å². The first kappa shape index (κ1) is 18.3. The minimum absolute atomic E-state index is 0.0215. The Morgan fingerprint density at radius 1 is 1.34 bits per heavy atom. The van der Waals surface area contributed by atoms with Crippen molar-refractivity contribution in [1.82, 2.24) is 4.90 Å². The average molecular weight is 396 g/mol. The number of piperidine rings is 1. The Bertz CT molecular complexity index is 908. The highest BCUT2D eigenvalue weighted by atomic mass is 16.5. The summed E-state index contributed by atoms with van der Waals surface area (Å²) >= 11 is 0. The third-order valence-electron chi connectivity index (χ3n) is 9.45. The minimum Gasteiger partial charge on any atom is -0.504 e. The van der Waals surface area contributed by atoms with Crippen LogP contribution < -0.4 is 4.74 Å². The lowest BCUT2D eigenvalue weighted by atomic mass is 9.37. The number of fused-ring (bicyclic) bond motifs is 1. The molecule has 1 saturated heterocycles. The lowest BCUT2D eigenvalue weighted by Crippen LogP contribution is -2.75. The largest absolute Gasteiger partial charge is 0.504 e. The topological polar surface area (TPSA) is 52.9 Å². The van der Waals surface area contributed by atoms with Crippen molar-refractivity contribution in [3.05, 3.63) is 35.4 Å². The Kier molecular flexibility index (Phi) is 3.52. The number of hydrogen-bond donors (Lipinski definition) is 2. The van der Waals surface area contributed by atoms with E-state index in [1.807, 2.05) is 6.07 Å². The van der Waals surface area contributed by atoms with Crippen molar-refractivity contribution < 1.29 is 14.9 Å². The molecule has 2 fully saturated rings. The quantitative estimate of drug-likeness (QED) is 0.762. The highest BCUT2D eigenvalue weighted by molar-refractivity contribution is 5.63. The average Bonchev–Trinajstić information content (AvgIpc) is 3.07. The molecule has 4 heteroatoms. The first-order valence-corrected chi connectivity index (χ1v) is 11.5. The number of benzene rings is 1. The van der Waals surface area contributed by atoms with Crippen LogP contribution >= 0.6 is 0 Å². The molecule has 6 aliphatic rings. The minimum atomic E-state index is -0.687. The molecule has 0 aromatic heterocycles. The van der Waals surface area contributed by atoms with Crippen LogP contribution in [0.2, 0.25) is 0 Å². The van der Waals surface area contributed by atoms with E-state index in [2.05, 4.69) is 44.0 Å². The zero-order valence-corrected chi connectivity index (χ0v) is 17.8. The van der Waals surface area contributed by atoms with Gasteiger partial charge >= 0.3 is 0 Å². The predicted octanol–water partition coefficient (Wildman–Crippen LogP) is 3.78. The van der Waals surface area contributed by atoms with Gasteiger partial charge in [-0.2, -0.15) is 0 Å². The zero-order valence-electron chi connectivity index (χ0n) is 17.8. The summed E-state index contributed by atoms with van der Waals surface area (Å²) in [6.07, 6.45) is 11.0. The molecule has 156 valence electrons. The summed E-state index contributed by atoms with van der Waals surface area (Å²) in [6, 6.07) is 4.37. The Balaban J connectivity index is 1.56. The van der Waals surface area contributed by atoms with Crippen LogP contribution in [0.3, 0.4) is 0 Å². The second-order valence-corrected chi connectivity index (χ2v) is 10.7. The van der Waals surface area contributed by atoms with Crippen molar-refractivity contribution in [2.75, 3.05) is 13.6 Å². The Hall–Kier alpha value is -1.52. The number of nitrogens with zero attached hydrogens (tertiary/aromatic N) is 1. The summed E-state index contributed by atoms with van der Waals surface area (Å²) in [4.78, 5) is 2.55. The van der Waals surface area contributed by atoms with E-state index < -0.39 is 5.60 Å². The molecule has 29 heavy (non-hydrogen) atoms. The summed E-state index contributed by atoms with van der Waals surface area (Å²) in [5.74, 6) is 1.42. The molecule has 0 amide bonds. The molecule has 4 aliphatic carbocycles. The van der Waals surface area contributed by atoms with Crippen LogP contribution in [-0.4, -0.2) is 46.5 Å². The number of hydrogen-bond acceptors (Lipinski definition) is 4. The maximum absolute atomic E-state index is 11.6. The van der Waals surface area contributed by atoms with E-state index in [-0.39, 0.29) is 34.5 Å². The number of ether oxygens (including phenoxy) is 1. The molecule has 7 atom stereocenters. The van der Waals surface area contributed by atoms with Gasteiger partial charge in [0.05, 0.1) is 5.60 Å². The molecule has 2 N–H and O–H groups in total. The molecule has 4 nitrogen and oxygen atoms in total. The lowest BCUT2D eigenvalue weighted by molar-refractivity contribution is -0.173. The number of phenolic OH excluding ortho intramolecular Hbond substituents is 1. The van der Waals surface area contributed by atoms with Gasteiger partial charge in [-0.1, -0.05) is 38.0 Å². The first-order chi connectivity index (χ1) is 13.9. The van der Waals surface area contributed by atoms with Gasteiger partial charge in [0.15, 0.2) is 11.5 Å². The number of phenols is 1. The lowest BCUT2D eigenvalue weighted by Gasteiger charge is -2.70. The fraction of sp³-hybridized carbons (Fsp3) is 0.680. The van der Waals surface area contributed by atoms with Gasteiger partial charge in [-0.15, -0.1) is 0 Å². The van der Waals surface area contributed by atoms with Crippen LogP contribution in [0.25, 0.3) is 0 Å². The molecular weight excluding hydrogens is 362 g/mol. The molecular formula is C25H33NO3. The highest BCUT2D eigenvalue weighted by Gasteiger charge is 2.75. The summed E-state index contributed by atoms with van der Waals surface area (Å²) in [5.41, 5.74) is 1.90. The fourth-order valence-electron chi connectivity index (χ4n) is 8.14. The van der Waals surface area contributed by atoms with Crippen molar-refractivity contribution >= 4 is 0 Å². The molecule has 0 radical (unpaired) electrons. The number of likely N-dealkylation sites (N-methyl/N-ethyl adjacent to an activating group) is 1. The Labute approximate surface area is 173 Å². The van der Waals surface area contributed by atoms with E-state index in [4.69, 9.17) is 4.74 Å². The van der Waals surface area contributed by atoms with Gasteiger partial charge in [-0.25, -0.2) is 0 Å².